The molecule has 1 aliphatic heterocycles. The Morgan fingerprint density at radius 1 is 1.41 bits per heavy atom. The maximum Gasteiger partial charge on any atom is 0.212 e. The van der Waals surface area contributed by atoms with Gasteiger partial charge in [-0.2, -0.15) is 5.10 Å². The van der Waals surface area contributed by atoms with Gasteiger partial charge in [0.2, 0.25) is 5.96 Å². The summed E-state index contributed by atoms with van der Waals surface area (Å²) in [6.45, 7) is 6.16. The van der Waals surface area contributed by atoms with Gasteiger partial charge in [0.15, 0.2) is 0 Å². The van der Waals surface area contributed by atoms with Crippen LogP contribution in [0.1, 0.15) is 26.7 Å². The number of hydrogen-bond donors (Lipinski definition) is 2. The van der Waals surface area contributed by atoms with Crippen LogP contribution >= 0.6 is 0 Å². The molecule has 17 heavy (non-hydrogen) atoms. The van der Waals surface area contributed by atoms with Crippen LogP contribution in [0, 0.1) is 5.92 Å². The minimum Gasteiger partial charge on any atom is -0.353 e. The minimum absolute atomic E-state index is 0.707. The second-order valence-electron chi connectivity index (χ2n) is 5.02. The number of aliphatic imine (C=N–C) groups is 1. The van der Waals surface area contributed by atoms with Crippen LogP contribution in [-0.4, -0.2) is 24.8 Å². The molecule has 4 heteroatoms. The first-order valence-corrected chi connectivity index (χ1v) is 6.23. The number of hydrazone groups is 1. The van der Waals surface area contributed by atoms with Crippen molar-refractivity contribution in [1.29, 1.82) is 0 Å². The van der Waals surface area contributed by atoms with Crippen molar-refractivity contribution >= 4 is 11.7 Å². The number of guanidine groups is 1. The van der Waals surface area contributed by atoms with E-state index in [2.05, 4.69) is 40.8 Å². The molecule has 1 fully saturated rings. The molecule has 4 nitrogen and oxygen atoms in total. The zero-order chi connectivity index (χ0) is 11.8. The van der Waals surface area contributed by atoms with E-state index in [1.54, 1.807) is 0 Å². The van der Waals surface area contributed by atoms with Crippen molar-refractivity contribution in [1.82, 2.24) is 10.7 Å². The van der Waals surface area contributed by atoms with E-state index in [1.807, 2.05) is 0 Å². The van der Waals surface area contributed by atoms with E-state index in [9.17, 15) is 0 Å². The van der Waals surface area contributed by atoms with Crippen LogP contribution in [0.2, 0.25) is 0 Å². The summed E-state index contributed by atoms with van der Waals surface area (Å²) in [5, 5.41) is 7.61. The Bertz CT molecular complexity index is 468. The number of fused-ring (bicyclic) bond motifs is 1. The first-order chi connectivity index (χ1) is 8.24. The van der Waals surface area contributed by atoms with E-state index >= 15 is 0 Å². The Balaban J connectivity index is 1.74. The first kappa shape index (κ1) is 10.6. The van der Waals surface area contributed by atoms with Gasteiger partial charge in [-0.25, -0.2) is 10.4 Å². The molecule has 1 heterocycles. The summed E-state index contributed by atoms with van der Waals surface area (Å²) in [5.74, 6) is 1.51. The average Bonchev–Trinajstić information content (AvgIpc) is 2.72. The van der Waals surface area contributed by atoms with Crippen molar-refractivity contribution in [3.05, 3.63) is 22.8 Å². The zero-order valence-electron chi connectivity index (χ0n) is 10.4. The lowest BCUT2D eigenvalue weighted by Gasteiger charge is -2.36. The van der Waals surface area contributed by atoms with E-state index in [1.165, 1.54) is 28.9 Å². The maximum absolute atomic E-state index is 4.46. The van der Waals surface area contributed by atoms with Gasteiger partial charge in [0.1, 0.15) is 0 Å². The monoisotopic (exact) mass is 230 g/mol. The molecule has 90 valence electrons. The fourth-order valence-electron chi connectivity index (χ4n) is 2.87. The third-order valence-corrected chi connectivity index (χ3v) is 3.59. The van der Waals surface area contributed by atoms with Crippen LogP contribution in [0.15, 0.2) is 32.9 Å². The van der Waals surface area contributed by atoms with Crippen molar-refractivity contribution in [2.75, 3.05) is 13.1 Å². The van der Waals surface area contributed by atoms with E-state index in [4.69, 9.17) is 0 Å². The summed E-state index contributed by atoms with van der Waals surface area (Å²) in [6.07, 6.45) is 4.58. The van der Waals surface area contributed by atoms with Gasteiger partial charge < -0.3 is 5.32 Å². The molecule has 0 bridgehead atoms. The smallest absolute Gasteiger partial charge is 0.212 e. The fraction of sp³-hybridized carbons (Fsp3) is 0.538. The lowest BCUT2D eigenvalue weighted by Crippen LogP contribution is -2.36. The Kier molecular flexibility index (Phi) is 2.50. The molecule has 0 radical (unpaired) electrons. The second kappa shape index (κ2) is 4.02. The van der Waals surface area contributed by atoms with E-state index < -0.39 is 0 Å². The summed E-state index contributed by atoms with van der Waals surface area (Å²) >= 11 is 0. The van der Waals surface area contributed by atoms with Crippen molar-refractivity contribution in [2.24, 2.45) is 16.0 Å². The van der Waals surface area contributed by atoms with Crippen molar-refractivity contribution in [3.63, 3.8) is 0 Å². The topological polar surface area (TPSA) is 48.8 Å². The van der Waals surface area contributed by atoms with E-state index in [0.717, 1.165) is 25.5 Å². The molecule has 0 spiro atoms. The van der Waals surface area contributed by atoms with Gasteiger partial charge in [0.05, 0.1) is 12.3 Å². The molecule has 2 aliphatic carbocycles. The highest BCUT2D eigenvalue weighted by atomic mass is 15.4. The molecule has 1 unspecified atom stereocenters. The number of nitrogens with zero attached hydrogens (tertiary/aromatic N) is 2. The number of nitrogens with one attached hydrogen (secondary N) is 2. The number of rotatable bonds is 1. The SMILES string of the molecule is CC1=CC(C)=C2C(=NNC3=NCCN3)CC2C1. The highest BCUT2D eigenvalue weighted by Crippen LogP contribution is 2.41. The number of hydrogen-bond acceptors (Lipinski definition) is 4. The van der Waals surface area contributed by atoms with E-state index in [0.29, 0.717) is 5.92 Å². The molecule has 0 saturated heterocycles. The van der Waals surface area contributed by atoms with Gasteiger partial charge >= 0.3 is 0 Å². The van der Waals surface area contributed by atoms with Crippen LogP contribution in [0.5, 0.6) is 0 Å². The first-order valence-electron chi connectivity index (χ1n) is 6.23. The van der Waals surface area contributed by atoms with Gasteiger partial charge in [-0.1, -0.05) is 11.6 Å². The predicted molar refractivity (Wildman–Crippen MR) is 70.1 cm³/mol. The fourth-order valence-corrected chi connectivity index (χ4v) is 2.87. The van der Waals surface area contributed by atoms with Crippen molar-refractivity contribution in [2.45, 2.75) is 26.7 Å². The molecule has 0 aromatic heterocycles. The third kappa shape index (κ3) is 1.88. The average molecular weight is 230 g/mol. The molecule has 3 aliphatic rings. The lowest BCUT2D eigenvalue weighted by atomic mass is 9.69. The van der Waals surface area contributed by atoms with Gasteiger partial charge in [0.25, 0.3) is 0 Å². The van der Waals surface area contributed by atoms with Crippen LogP contribution in [0.4, 0.5) is 0 Å². The summed E-state index contributed by atoms with van der Waals surface area (Å²) < 4.78 is 0. The molecule has 2 N–H and O–H groups in total. The third-order valence-electron chi connectivity index (χ3n) is 3.59. The van der Waals surface area contributed by atoms with E-state index in [-0.39, 0.29) is 0 Å². The Morgan fingerprint density at radius 2 is 2.29 bits per heavy atom. The largest absolute Gasteiger partial charge is 0.353 e. The highest BCUT2D eigenvalue weighted by Gasteiger charge is 2.34. The van der Waals surface area contributed by atoms with Crippen LogP contribution < -0.4 is 10.7 Å². The molecule has 0 aromatic rings. The summed E-state index contributed by atoms with van der Waals surface area (Å²) in [7, 11) is 0. The predicted octanol–water partition coefficient (Wildman–Crippen LogP) is 1.58. The minimum atomic E-state index is 0.707. The standard InChI is InChI=1S/C13H18N4/c1-8-5-9(2)12-10(6-8)7-11(12)16-17-13-14-3-4-15-13/h5,10H,3-4,6-7H2,1-2H3,(H2,14,15,17). The molecule has 0 aromatic carbocycles. The zero-order valence-corrected chi connectivity index (χ0v) is 10.4. The Labute approximate surface area is 102 Å². The lowest BCUT2D eigenvalue weighted by molar-refractivity contribution is 0.580. The van der Waals surface area contributed by atoms with Crippen LogP contribution in [-0.2, 0) is 0 Å². The van der Waals surface area contributed by atoms with Crippen molar-refractivity contribution in [3.8, 4) is 0 Å². The van der Waals surface area contributed by atoms with Gasteiger partial charge in [-0.15, -0.1) is 0 Å². The summed E-state index contributed by atoms with van der Waals surface area (Å²) in [5.41, 5.74) is 8.54. The quantitative estimate of drug-likeness (QED) is 0.672. The van der Waals surface area contributed by atoms with Gasteiger partial charge in [-0.3, -0.25) is 0 Å². The van der Waals surface area contributed by atoms with Gasteiger partial charge in [0, 0.05) is 6.54 Å². The summed E-state index contributed by atoms with van der Waals surface area (Å²) in [6, 6.07) is 0. The normalized spacial score (nSPS) is 29.3. The summed E-state index contributed by atoms with van der Waals surface area (Å²) in [4.78, 5) is 4.26. The molecular formula is C13H18N4. The molecule has 1 atom stereocenters. The maximum atomic E-state index is 4.46. The van der Waals surface area contributed by atoms with Crippen LogP contribution in [0.25, 0.3) is 0 Å². The Morgan fingerprint density at radius 3 is 3.00 bits per heavy atom. The molecule has 3 rings (SSSR count). The second-order valence-corrected chi connectivity index (χ2v) is 5.02. The Hall–Kier alpha value is -1.58. The molecule has 1 saturated carbocycles. The number of allylic oxidation sites excluding steroid dienone is 4. The van der Waals surface area contributed by atoms with Gasteiger partial charge in [-0.05, 0) is 43.8 Å². The molecular weight excluding hydrogens is 212 g/mol. The van der Waals surface area contributed by atoms with Crippen LogP contribution in [0.3, 0.4) is 0 Å². The molecule has 0 amide bonds. The highest BCUT2D eigenvalue weighted by molar-refractivity contribution is 6.08. The van der Waals surface area contributed by atoms with Crippen molar-refractivity contribution < 1.29 is 0 Å².